The lowest BCUT2D eigenvalue weighted by Gasteiger charge is -2.17. The number of rotatable bonds is 6. The van der Waals surface area contributed by atoms with Gasteiger partial charge in [-0.1, -0.05) is 72.3 Å². The molecule has 8 rings (SSSR count). The van der Waals surface area contributed by atoms with E-state index >= 15 is 0 Å². The van der Waals surface area contributed by atoms with Crippen LogP contribution < -0.4 is 0 Å². The summed E-state index contributed by atoms with van der Waals surface area (Å²) in [6.45, 7) is 0. The summed E-state index contributed by atoms with van der Waals surface area (Å²) >= 11 is 12.3. The zero-order chi connectivity index (χ0) is 37.1. The lowest BCUT2D eigenvalue weighted by Crippen LogP contribution is -2.08. The first-order valence-corrected chi connectivity index (χ1v) is 17.1. The second-order valence-electron chi connectivity index (χ2n) is 11.5. The van der Waals surface area contributed by atoms with Gasteiger partial charge in [-0.3, -0.25) is 19.1 Å². The van der Waals surface area contributed by atoms with E-state index in [1.54, 1.807) is 63.7 Å². The normalized spacial score (nSPS) is 12.2. The Hall–Kier alpha value is -5.45. The van der Waals surface area contributed by atoms with Crippen molar-refractivity contribution in [3.8, 4) is 34.2 Å². The average molecular weight is 777 g/mol. The van der Waals surface area contributed by atoms with Crippen molar-refractivity contribution in [2.24, 2.45) is 0 Å². The van der Waals surface area contributed by atoms with E-state index in [1.165, 1.54) is 36.7 Å². The molecule has 0 aliphatic heterocycles. The number of hydrogen-bond acceptors (Lipinski definition) is 8. The smallest absolute Gasteiger partial charge is 0.270 e. The van der Waals surface area contributed by atoms with E-state index in [-0.39, 0.29) is 59.2 Å². The first kappa shape index (κ1) is 34.6. The average Bonchev–Trinajstić information content (AvgIpc) is 3.74. The summed E-state index contributed by atoms with van der Waals surface area (Å²) in [4.78, 5) is 8.71. The van der Waals surface area contributed by atoms with Crippen molar-refractivity contribution >= 4 is 57.8 Å². The fourth-order valence-corrected chi connectivity index (χ4v) is 7.57. The predicted molar refractivity (Wildman–Crippen MR) is 191 cm³/mol. The minimum absolute atomic E-state index is 0.0423. The zero-order valence-electron chi connectivity index (χ0n) is 26.5. The Kier molecular flexibility index (Phi) is 8.62. The van der Waals surface area contributed by atoms with Crippen molar-refractivity contribution in [1.82, 2.24) is 39.5 Å². The molecule has 8 aromatic rings. The molecule has 0 saturated heterocycles. The first-order chi connectivity index (χ1) is 25.4. The second-order valence-corrected chi connectivity index (χ2v) is 13.2. The summed E-state index contributed by atoms with van der Waals surface area (Å²) in [5.74, 6) is 0.361. The van der Waals surface area contributed by atoms with Gasteiger partial charge in [0.2, 0.25) is 5.16 Å². The van der Waals surface area contributed by atoms with Crippen molar-refractivity contribution in [3.05, 3.63) is 126 Å². The maximum Gasteiger partial charge on any atom is 0.418 e. The van der Waals surface area contributed by atoms with E-state index in [1.807, 2.05) is 6.07 Å². The van der Waals surface area contributed by atoms with Gasteiger partial charge in [0.15, 0.2) is 16.8 Å². The maximum absolute atomic E-state index is 14.3. The number of aromatic nitrogens is 8. The van der Waals surface area contributed by atoms with Crippen LogP contribution in [-0.2, 0) is 12.4 Å². The quantitative estimate of drug-likeness (QED) is 0.133. The van der Waals surface area contributed by atoms with Crippen LogP contribution in [0.2, 0.25) is 5.02 Å². The summed E-state index contributed by atoms with van der Waals surface area (Å²) in [5, 5.41) is 17.9. The number of benzene rings is 4. The molecule has 264 valence electrons. The predicted octanol–water partition coefficient (Wildman–Crippen LogP) is 10.4. The molecule has 0 aliphatic rings. The molecule has 4 aromatic carbocycles. The van der Waals surface area contributed by atoms with E-state index < -0.39 is 23.5 Å². The highest BCUT2D eigenvalue weighted by Crippen LogP contribution is 2.45. The number of hydrogen-bond donors (Lipinski definition) is 1. The molecule has 4 heterocycles. The number of alkyl halides is 6. The van der Waals surface area contributed by atoms with Crippen LogP contribution in [0.1, 0.15) is 11.1 Å². The third-order valence-electron chi connectivity index (χ3n) is 8.27. The van der Waals surface area contributed by atoms with Gasteiger partial charge in [0.25, 0.3) is 0 Å². The third-order valence-corrected chi connectivity index (χ3v) is 10.1. The molecule has 0 saturated carbocycles. The van der Waals surface area contributed by atoms with Crippen LogP contribution in [0.4, 0.5) is 26.3 Å². The monoisotopic (exact) mass is 776 g/mol. The summed E-state index contributed by atoms with van der Waals surface area (Å²) in [6.07, 6.45) is -6.91. The molecular weight excluding hydrogens is 758 g/mol. The fraction of sp³-hybridized carbons (Fsp3) is 0.0556. The van der Waals surface area contributed by atoms with Crippen molar-refractivity contribution in [3.63, 3.8) is 0 Å². The van der Waals surface area contributed by atoms with Gasteiger partial charge in [-0.2, -0.15) is 26.3 Å². The van der Waals surface area contributed by atoms with Crippen LogP contribution in [0.5, 0.6) is 0 Å². The summed E-state index contributed by atoms with van der Waals surface area (Å²) in [6, 6.07) is 25.1. The van der Waals surface area contributed by atoms with Crippen LogP contribution in [0.3, 0.4) is 0 Å². The van der Waals surface area contributed by atoms with Crippen LogP contribution in [0, 0.1) is 0 Å². The first-order valence-electron chi connectivity index (χ1n) is 15.4. The second kappa shape index (κ2) is 13.2. The minimum atomic E-state index is -4.72. The number of pyridine rings is 2. The highest BCUT2D eigenvalue weighted by molar-refractivity contribution is 7.99. The van der Waals surface area contributed by atoms with E-state index in [4.69, 9.17) is 11.6 Å². The van der Waals surface area contributed by atoms with Crippen molar-refractivity contribution < 1.29 is 26.3 Å². The van der Waals surface area contributed by atoms with Gasteiger partial charge < -0.3 is 0 Å². The number of thiol groups is 1. The number of halogens is 7. The number of para-hydroxylation sites is 4. The Labute approximate surface area is 309 Å². The minimum Gasteiger partial charge on any atom is -0.270 e. The number of nitrogens with zero attached hydrogens (tertiary/aromatic N) is 8. The molecule has 0 amide bonds. The highest BCUT2D eigenvalue weighted by atomic mass is 35.5. The van der Waals surface area contributed by atoms with E-state index in [0.717, 1.165) is 23.9 Å². The molecule has 4 aromatic heterocycles. The Morgan fingerprint density at radius 1 is 0.566 bits per heavy atom. The van der Waals surface area contributed by atoms with Crippen LogP contribution >= 0.6 is 36.0 Å². The molecular formula is C36H19ClF6N8S2. The zero-order valence-corrected chi connectivity index (χ0v) is 28.9. The molecule has 8 nitrogen and oxygen atoms in total. The van der Waals surface area contributed by atoms with Gasteiger partial charge in [0.1, 0.15) is 0 Å². The largest absolute Gasteiger partial charge is 0.418 e. The van der Waals surface area contributed by atoms with Crippen LogP contribution in [0.15, 0.2) is 125 Å². The Bertz CT molecular complexity index is 2660. The molecule has 53 heavy (non-hydrogen) atoms. The van der Waals surface area contributed by atoms with E-state index in [9.17, 15) is 26.3 Å². The fourth-order valence-electron chi connectivity index (χ4n) is 5.95. The van der Waals surface area contributed by atoms with Crippen LogP contribution in [0.25, 0.3) is 56.0 Å². The molecule has 0 fully saturated rings. The Morgan fingerprint density at radius 2 is 1.08 bits per heavy atom. The lowest BCUT2D eigenvalue weighted by atomic mass is 10.1. The van der Waals surface area contributed by atoms with Gasteiger partial charge in [0.05, 0.1) is 38.3 Å². The van der Waals surface area contributed by atoms with Crippen molar-refractivity contribution in [2.75, 3.05) is 0 Å². The van der Waals surface area contributed by atoms with Gasteiger partial charge >= 0.3 is 12.4 Å². The van der Waals surface area contributed by atoms with Crippen molar-refractivity contribution in [2.45, 2.75) is 27.6 Å². The standard InChI is InChI=1S/C36H19ClF6N8S2/c37-27-21-13-7-15-25(35(38,39)40)28(21)44-17-23(27)31-47-49-34(51(31)20-11-5-2-6-12-20)53-30-22-14-8-16-26(36(41,42)43)29(22)45-18-24(30)32-46-48-33(52)50(32)19-9-3-1-4-10-19/h1-18H,(H,48,52). The summed E-state index contributed by atoms with van der Waals surface area (Å²) < 4.78 is 87.7. The van der Waals surface area contributed by atoms with Gasteiger partial charge in [0, 0.05) is 39.4 Å². The maximum atomic E-state index is 14.3. The lowest BCUT2D eigenvalue weighted by molar-refractivity contribution is -0.137. The van der Waals surface area contributed by atoms with E-state index in [0.29, 0.717) is 16.9 Å². The summed E-state index contributed by atoms with van der Waals surface area (Å²) in [5.41, 5.74) is -0.898. The molecule has 0 unspecified atom stereocenters. The Balaban J connectivity index is 1.38. The van der Waals surface area contributed by atoms with Gasteiger partial charge in [-0.05, 0) is 48.2 Å². The van der Waals surface area contributed by atoms with Crippen molar-refractivity contribution in [1.29, 1.82) is 0 Å². The molecule has 0 N–H and O–H groups in total. The van der Waals surface area contributed by atoms with Gasteiger partial charge in [-0.15, -0.1) is 33.0 Å². The van der Waals surface area contributed by atoms with E-state index in [2.05, 4.69) is 43.0 Å². The molecule has 0 aliphatic carbocycles. The molecule has 0 atom stereocenters. The SMILES string of the molecule is FC(F)(F)c1cccc2c(Cl)c(-c3nnc(Sc4c(-c5nnc(S)n5-c5ccccc5)cnc5c(C(F)(F)F)cccc45)n3-c3ccccc3)cnc12. The number of fused-ring (bicyclic) bond motifs is 2. The Morgan fingerprint density at radius 3 is 1.68 bits per heavy atom. The third kappa shape index (κ3) is 6.15. The topological polar surface area (TPSA) is 87.2 Å². The van der Waals surface area contributed by atoms with Gasteiger partial charge in [-0.25, -0.2) is 0 Å². The highest BCUT2D eigenvalue weighted by Gasteiger charge is 2.36. The molecule has 0 radical (unpaired) electrons. The summed E-state index contributed by atoms with van der Waals surface area (Å²) in [7, 11) is 0. The molecule has 0 bridgehead atoms. The molecule has 17 heteroatoms. The van der Waals surface area contributed by atoms with Crippen LogP contribution in [-0.4, -0.2) is 39.5 Å². The molecule has 0 spiro atoms.